The van der Waals surface area contributed by atoms with Crippen molar-refractivity contribution in [3.8, 4) is 5.75 Å². The number of para-hydroxylation sites is 1. The third kappa shape index (κ3) is 5.75. The number of thiazole rings is 1. The van der Waals surface area contributed by atoms with Crippen LogP contribution in [0.4, 0.5) is 9.52 Å². The Labute approximate surface area is 197 Å². The van der Waals surface area contributed by atoms with Crippen molar-refractivity contribution < 1.29 is 18.7 Å². The molecule has 0 spiro atoms. The highest BCUT2D eigenvalue weighted by atomic mass is 35.5. The average Bonchev–Trinajstić information content (AvgIpc) is 3.20. The summed E-state index contributed by atoms with van der Waals surface area (Å²) >= 11 is 1.33. The van der Waals surface area contributed by atoms with Gasteiger partial charge in [-0.1, -0.05) is 17.4 Å². The van der Waals surface area contributed by atoms with Crippen LogP contribution in [0.2, 0.25) is 0 Å². The van der Waals surface area contributed by atoms with E-state index in [9.17, 15) is 9.18 Å². The number of nitrogens with zero attached hydrogens (tertiary/aromatic N) is 3. The first-order valence-electron chi connectivity index (χ1n) is 10.4. The first kappa shape index (κ1) is 24.4. The fourth-order valence-corrected chi connectivity index (χ4v) is 4.48. The quantitative estimate of drug-likeness (QED) is 0.494. The summed E-state index contributed by atoms with van der Waals surface area (Å²) in [6.07, 6.45) is 0.0595. The van der Waals surface area contributed by atoms with Crippen LogP contribution in [0.1, 0.15) is 24.2 Å². The van der Waals surface area contributed by atoms with Gasteiger partial charge in [0.2, 0.25) is 0 Å². The highest BCUT2D eigenvalue weighted by Gasteiger charge is 2.23. The van der Waals surface area contributed by atoms with Gasteiger partial charge < -0.3 is 9.47 Å². The maximum Gasteiger partial charge on any atom is 0.260 e. The number of benzene rings is 2. The van der Waals surface area contributed by atoms with Crippen LogP contribution in [0.15, 0.2) is 42.5 Å². The Balaban J connectivity index is 0.00000289. The summed E-state index contributed by atoms with van der Waals surface area (Å²) in [4.78, 5) is 21.8. The van der Waals surface area contributed by atoms with Crippen molar-refractivity contribution in [2.75, 3.05) is 44.3 Å². The number of fused-ring (bicyclic) bond motifs is 1. The van der Waals surface area contributed by atoms with E-state index in [0.29, 0.717) is 48.3 Å². The molecule has 1 aliphatic rings. The second-order valence-electron chi connectivity index (χ2n) is 7.68. The first-order valence-corrected chi connectivity index (χ1v) is 11.3. The molecule has 3 aromatic rings. The third-order valence-electron chi connectivity index (χ3n) is 5.05. The number of hydrogen-bond donors (Lipinski definition) is 0. The summed E-state index contributed by atoms with van der Waals surface area (Å²) in [7, 11) is 0. The lowest BCUT2D eigenvalue weighted by Crippen LogP contribution is -2.43. The van der Waals surface area contributed by atoms with Crippen LogP contribution in [-0.4, -0.2) is 61.3 Å². The zero-order chi connectivity index (χ0) is 21.8. The molecule has 1 saturated heterocycles. The topological polar surface area (TPSA) is 54.9 Å². The van der Waals surface area contributed by atoms with Crippen LogP contribution >= 0.6 is 23.7 Å². The minimum Gasteiger partial charge on any atom is -0.491 e. The van der Waals surface area contributed by atoms with E-state index in [4.69, 9.17) is 9.47 Å². The molecule has 1 aromatic heterocycles. The fraction of sp³-hybridized carbons (Fsp3) is 0.391. The maximum atomic E-state index is 14.2. The van der Waals surface area contributed by atoms with Crippen molar-refractivity contribution in [3.63, 3.8) is 0 Å². The molecule has 0 atom stereocenters. The number of aromatic nitrogens is 1. The molecule has 6 nitrogen and oxygen atoms in total. The largest absolute Gasteiger partial charge is 0.491 e. The van der Waals surface area contributed by atoms with Gasteiger partial charge >= 0.3 is 0 Å². The van der Waals surface area contributed by atoms with Gasteiger partial charge in [-0.25, -0.2) is 9.37 Å². The second kappa shape index (κ2) is 11.0. The fourth-order valence-electron chi connectivity index (χ4n) is 3.47. The average molecular weight is 480 g/mol. The molecular formula is C23H27ClFN3O3S. The van der Waals surface area contributed by atoms with Gasteiger partial charge in [-0.15, -0.1) is 12.4 Å². The number of halogens is 2. The van der Waals surface area contributed by atoms with Gasteiger partial charge in [0.05, 0.1) is 24.0 Å². The van der Waals surface area contributed by atoms with Gasteiger partial charge in [-0.2, -0.15) is 0 Å². The van der Waals surface area contributed by atoms with E-state index in [1.165, 1.54) is 17.4 Å². The number of carbonyl (C=O) groups excluding carboxylic acids is 1. The predicted octanol–water partition coefficient (Wildman–Crippen LogP) is 4.62. The maximum absolute atomic E-state index is 14.2. The summed E-state index contributed by atoms with van der Waals surface area (Å²) < 4.78 is 26.0. The van der Waals surface area contributed by atoms with E-state index < -0.39 is 0 Å². The number of morpholine rings is 1. The molecule has 1 aliphatic heterocycles. The Hall–Kier alpha value is -2.26. The molecule has 0 radical (unpaired) electrons. The monoisotopic (exact) mass is 479 g/mol. The number of ether oxygens (including phenoxy) is 2. The van der Waals surface area contributed by atoms with Gasteiger partial charge in [-0.3, -0.25) is 14.6 Å². The number of amides is 1. The highest BCUT2D eigenvalue weighted by Crippen LogP contribution is 2.31. The number of hydrogen-bond acceptors (Lipinski definition) is 6. The molecule has 0 saturated carbocycles. The van der Waals surface area contributed by atoms with Crippen LogP contribution < -0.4 is 9.64 Å². The van der Waals surface area contributed by atoms with Crippen molar-refractivity contribution in [2.24, 2.45) is 0 Å². The van der Waals surface area contributed by atoms with E-state index in [2.05, 4.69) is 9.88 Å². The van der Waals surface area contributed by atoms with Crippen LogP contribution in [-0.2, 0) is 4.74 Å². The standard InChI is InChI=1S/C23H26FN3O3S.ClH/c1-16(2)30-18-8-6-17(7-9-18)22(28)27(11-10-26-12-14-29-15-13-26)23-25-21-19(24)4-3-5-20(21)31-23;/h3-9,16H,10-15H2,1-2H3;1H. The predicted molar refractivity (Wildman–Crippen MR) is 128 cm³/mol. The Morgan fingerprint density at radius 3 is 2.59 bits per heavy atom. The second-order valence-corrected chi connectivity index (χ2v) is 8.69. The van der Waals surface area contributed by atoms with Crippen molar-refractivity contribution in [3.05, 3.63) is 53.8 Å². The van der Waals surface area contributed by atoms with E-state index in [1.807, 2.05) is 19.9 Å². The van der Waals surface area contributed by atoms with E-state index in [1.54, 1.807) is 35.2 Å². The molecule has 2 aromatic carbocycles. The molecule has 4 rings (SSSR count). The van der Waals surface area contributed by atoms with Gasteiger partial charge in [0, 0.05) is 31.7 Å². The summed E-state index contributed by atoms with van der Waals surface area (Å²) in [6.45, 7) is 8.12. The molecule has 172 valence electrons. The summed E-state index contributed by atoms with van der Waals surface area (Å²) in [5.74, 6) is 0.174. The lowest BCUT2D eigenvalue weighted by atomic mass is 10.2. The summed E-state index contributed by atoms with van der Waals surface area (Å²) in [6, 6.07) is 12.0. The summed E-state index contributed by atoms with van der Waals surface area (Å²) in [5, 5.41) is 0.501. The van der Waals surface area contributed by atoms with E-state index in [-0.39, 0.29) is 30.2 Å². The van der Waals surface area contributed by atoms with Gasteiger partial charge in [-0.05, 0) is 50.2 Å². The molecule has 0 bridgehead atoms. The third-order valence-corrected chi connectivity index (χ3v) is 6.09. The number of carbonyl (C=O) groups is 1. The van der Waals surface area contributed by atoms with Crippen molar-refractivity contribution in [1.82, 2.24) is 9.88 Å². The lowest BCUT2D eigenvalue weighted by molar-refractivity contribution is 0.0391. The Morgan fingerprint density at radius 2 is 1.94 bits per heavy atom. The van der Waals surface area contributed by atoms with E-state index in [0.717, 1.165) is 17.8 Å². The number of anilines is 1. The SMILES string of the molecule is CC(C)Oc1ccc(C(=O)N(CCN2CCOCC2)c2nc3c(F)cccc3s2)cc1.Cl. The first-order chi connectivity index (χ1) is 15.0. The minimum absolute atomic E-state index is 0. The van der Waals surface area contributed by atoms with Crippen LogP contribution in [0, 0.1) is 5.82 Å². The van der Waals surface area contributed by atoms with Gasteiger partial charge in [0.15, 0.2) is 5.13 Å². The molecule has 2 heterocycles. The van der Waals surface area contributed by atoms with Gasteiger partial charge in [0.1, 0.15) is 17.1 Å². The van der Waals surface area contributed by atoms with Crippen LogP contribution in [0.3, 0.4) is 0 Å². The van der Waals surface area contributed by atoms with Gasteiger partial charge in [0.25, 0.3) is 5.91 Å². The molecule has 0 unspecified atom stereocenters. The smallest absolute Gasteiger partial charge is 0.260 e. The van der Waals surface area contributed by atoms with E-state index >= 15 is 0 Å². The Kier molecular flexibility index (Phi) is 8.42. The van der Waals surface area contributed by atoms with Crippen molar-refractivity contribution >= 4 is 45.0 Å². The zero-order valence-corrected chi connectivity index (χ0v) is 19.8. The normalized spacial score (nSPS) is 14.4. The Bertz CT molecular complexity index is 1040. The van der Waals surface area contributed by atoms with Crippen LogP contribution in [0.5, 0.6) is 5.75 Å². The molecule has 9 heteroatoms. The molecule has 0 N–H and O–H groups in total. The summed E-state index contributed by atoms with van der Waals surface area (Å²) in [5.41, 5.74) is 0.838. The van der Waals surface area contributed by atoms with Crippen molar-refractivity contribution in [1.29, 1.82) is 0 Å². The molecule has 1 fully saturated rings. The molecule has 0 aliphatic carbocycles. The Morgan fingerprint density at radius 1 is 1.22 bits per heavy atom. The molecular weight excluding hydrogens is 453 g/mol. The minimum atomic E-state index is -0.379. The molecule has 32 heavy (non-hydrogen) atoms. The van der Waals surface area contributed by atoms with Crippen molar-refractivity contribution in [2.45, 2.75) is 20.0 Å². The lowest BCUT2D eigenvalue weighted by Gasteiger charge is -2.29. The highest BCUT2D eigenvalue weighted by molar-refractivity contribution is 7.22. The molecule has 1 amide bonds. The number of rotatable bonds is 7. The van der Waals surface area contributed by atoms with Crippen LogP contribution in [0.25, 0.3) is 10.2 Å². The zero-order valence-electron chi connectivity index (χ0n) is 18.1.